The van der Waals surface area contributed by atoms with Gasteiger partial charge in [0, 0.05) is 0 Å². The first-order valence-electron chi connectivity index (χ1n) is 6.44. The molecule has 116 valence electrons. The molecule has 0 fully saturated rings. The van der Waals surface area contributed by atoms with Crippen LogP contribution in [0.3, 0.4) is 0 Å². The van der Waals surface area contributed by atoms with E-state index in [1.54, 1.807) is 31.2 Å². The maximum Gasteiger partial charge on any atom is 0.339 e. The lowest BCUT2D eigenvalue weighted by molar-refractivity contribution is 0.483. The van der Waals surface area contributed by atoms with Crippen LogP contribution in [0.1, 0.15) is 11.1 Å². The number of hydrogen-bond acceptors (Lipinski definition) is 3. The third-order valence-corrected chi connectivity index (χ3v) is 5.12. The molecule has 6 heteroatoms. The fraction of sp³-hybridized carbons (Fsp3) is 0.125. The second-order valence-electron chi connectivity index (χ2n) is 4.67. The molecule has 0 spiro atoms. The highest BCUT2D eigenvalue weighted by Gasteiger charge is 2.22. The minimum absolute atomic E-state index is 0.00435. The topological polar surface area (TPSA) is 43.4 Å². The van der Waals surface area contributed by atoms with Gasteiger partial charge in [0.2, 0.25) is 0 Å². The van der Waals surface area contributed by atoms with Crippen LogP contribution in [0.25, 0.3) is 0 Å². The van der Waals surface area contributed by atoms with Crippen molar-refractivity contribution in [3.63, 3.8) is 0 Å². The van der Waals surface area contributed by atoms with Crippen LogP contribution in [0.4, 0.5) is 0 Å². The lowest BCUT2D eigenvalue weighted by Gasteiger charge is -2.12. The summed E-state index contributed by atoms with van der Waals surface area (Å²) in [5.74, 6) is 0.271. The van der Waals surface area contributed by atoms with Gasteiger partial charge in [-0.05, 0) is 42.7 Å². The van der Waals surface area contributed by atoms with E-state index in [2.05, 4.69) is 6.58 Å². The van der Waals surface area contributed by atoms with Crippen LogP contribution in [0.2, 0.25) is 10.0 Å². The number of allylic oxidation sites excluding steroid dienone is 1. The third-order valence-electron chi connectivity index (χ3n) is 3.02. The summed E-state index contributed by atoms with van der Waals surface area (Å²) in [7, 11) is -4.00. The molecule has 0 aliphatic carbocycles. The van der Waals surface area contributed by atoms with Crippen LogP contribution in [-0.2, 0) is 16.5 Å². The molecular formula is C16H14Cl2O3S. The molecule has 2 aromatic rings. The van der Waals surface area contributed by atoms with Crippen molar-refractivity contribution in [2.45, 2.75) is 18.2 Å². The van der Waals surface area contributed by atoms with Crippen LogP contribution in [-0.4, -0.2) is 8.42 Å². The number of hydrogen-bond donors (Lipinski definition) is 0. The second-order valence-corrected chi connectivity index (χ2v) is 7.00. The van der Waals surface area contributed by atoms with E-state index in [1.165, 1.54) is 12.1 Å². The van der Waals surface area contributed by atoms with Gasteiger partial charge in [-0.1, -0.05) is 47.5 Å². The normalized spacial score (nSPS) is 11.2. The van der Waals surface area contributed by atoms with Gasteiger partial charge in [0.05, 0.1) is 10.0 Å². The van der Waals surface area contributed by atoms with Gasteiger partial charge in [-0.3, -0.25) is 0 Å². The molecule has 0 saturated carbocycles. The Morgan fingerprint density at radius 1 is 1.18 bits per heavy atom. The van der Waals surface area contributed by atoms with E-state index < -0.39 is 10.1 Å². The Hall–Kier alpha value is -1.49. The highest BCUT2D eigenvalue weighted by Crippen LogP contribution is 2.30. The Morgan fingerprint density at radius 3 is 2.50 bits per heavy atom. The lowest BCUT2D eigenvalue weighted by atomic mass is 10.1. The number of aryl methyl sites for hydroxylation is 1. The highest BCUT2D eigenvalue weighted by molar-refractivity contribution is 7.87. The van der Waals surface area contributed by atoms with E-state index in [-0.39, 0.29) is 15.7 Å². The quantitative estimate of drug-likeness (QED) is 0.570. The predicted molar refractivity (Wildman–Crippen MR) is 89.4 cm³/mol. The van der Waals surface area contributed by atoms with Gasteiger partial charge < -0.3 is 4.18 Å². The Balaban J connectivity index is 2.45. The van der Waals surface area contributed by atoms with Crippen LogP contribution in [0.5, 0.6) is 5.75 Å². The number of halogens is 2. The van der Waals surface area contributed by atoms with Crippen LogP contribution in [0, 0.1) is 6.92 Å². The molecule has 22 heavy (non-hydrogen) atoms. The molecule has 0 bridgehead atoms. The first-order chi connectivity index (χ1) is 10.3. The Morgan fingerprint density at radius 2 is 1.82 bits per heavy atom. The molecule has 0 N–H and O–H groups in total. The summed E-state index contributed by atoms with van der Waals surface area (Å²) in [5, 5.41) is 0.457. The monoisotopic (exact) mass is 356 g/mol. The minimum Gasteiger partial charge on any atom is -0.379 e. The van der Waals surface area contributed by atoms with Crippen molar-refractivity contribution in [1.29, 1.82) is 0 Å². The number of rotatable bonds is 5. The Bertz CT molecular complexity index is 814. The van der Waals surface area contributed by atoms with Gasteiger partial charge >= 0.3 is 10.1 Å². The van der Waals surface area contributed by atoms with Gasteiger partial charge in [-0.25, -0.2) is 0 Å². The summed E-state index contributed by atoms with van der Waals surface area (Å²) in [6.07, 6.45) is 2.19. The zero-order valence-electron chi connectivity index (χ0n) is 11.8. The van der Waals surface area contributed by atoms with Crippen molar-refractivity contribution in [3.05, 3.63) is 70.2 Å². The maximum atomic E-state index is 12.5. The highest BCUT2D eigenvalue weighted by atomic mass is 35.5. The van der Waals surface area contributed by atoms with Crippen LogP contribution >= 0.6 is 23.2 Å². The standard InChI is InChI=1S/C16H14Cl2O3S/c1-3-6-12-7-4-5-8-15(12)21-22(19,20)16-10-14(18)13(17)9-11(16)2/h3-5,7-10H,1,6H2,2H3. The first-order valence-corrected chi connectivity index (χ1v) is 8.60. The molecule has 0 saturated heterocycles. The number of benzene rings is 2. The third kappa shape index (κ3) is 3.64. The van der Waals surface area contributed by atoms with E-state index in [0.29, 0.717) is 17.0 Å². The van der Waals surface area contributed by atoms with Crippen molar-refractivity contribution >= 4 is 33.3 Å². The zero-order valence-corrected chi connectivity index (χ0v) is 14.2. The van der Waals surface area contributed by atoms with Crippen LogP contribution in [0.15, 0.2) is 53.9 Å². The molecular weight excluding hydrogens is 343 g/mol. The van der Waals surface area contributed by atoms with Crippen LogP contribution < -0.4 is 4.18 Å². The van der Waals surface area contributed by atoms with E-state index in [0.717, 1.165) is 5.56 Å². The lowest BCUT2D eigenvalue weighted by Crippen LogP contribution is -2.12. The van der Waals surface area contributed by atoms with E-state index >= 15 is 0 Å². The Kier molecular flexibility index (Phi) is 5.16. The molecule has 0 atom stereocenters. The van der Waals surface area contributed by atoms with Crippen molar-refractivity contribution < 1.29 is 12.6 Å². The van der Waals surface area contributed by atoms with Gasteiger partial charge in [0.1, 0.15) is 10.6 Å². The molecule has 0 aromatic heterocycles. The SMILES string of the molecule is C=CCc1ccccc1OS(=O)(=O)c1cc(Cl)c(Cl)cc1C. The van der Waals surface area contributed by atoms with E-state index in [1.807, 2.05) is 6.07 Å². The summed E-state index contributed by atoms with van der Waals surface area (Å²) in [6, 6.07) is 9.69. The van der Waals surface area contributed by atoms with E-state index in [4.69, 9.17) is 27.4 Å². The van der Waals surface area contributed by atoms with Gasteiger partial charge in [0.15, 0.2) is 0 Å². The zero-order chi connectivity index (χ0) is 16.3. The Labute approximate surface area is 140 Å². The summed E-state index contributed by atoms with van der Waals surface area (Å²) in [6.45, 7) is 5.28. The van der Waals surface area contributed by atoms with Crippen molar-refractivity contribution in [3.8, 4) is 5.75 Å². The maximum absolute atomic E-state index is 12.5. The minimum atomic E-state index is -4.00. The molecule has 3 nitrogen and oxygen atoms in total. The molecule has 2 rings (SSSR count). The largest absolute Gasteiger partial charge is 0.379 e. The van der Waals surface area contributed by atoms with Gasteiger partial charge in [0.25, 0.3) is 0 Å². The van der Waals surface area contributed by atoms with Crippen molar-refractivity contribution in [2.24, 2.45) is 0 Å². The fourth-order valence-corrected chi connectivity index (χ4v) is 3.62. The first kappa shape index (κ1) is 16.9. The predicted octanol–water partition coefficient (Wildman–Crippen LogP) is 4.80. The van der Waals surface area contributed by atoms with Gasteiger partial charge in [-0.2, -0.15) is 8.42 Å². The fourth-order valence-electron chi connectivity index (χ4n) is 1.97. The molecule has 0 aliphatic heterocycles. The smallest absolute Gasteiger partial charge is 0.339 e. The molecule has 0 aliphatic rings. The molecule has 2 aromatic carbocycles. The molecule has 0 unspecified atom stereocenters. The summed E-state index contributed by atoms with van der Waals surface area (Å²) >= 11 is 11.8. The average Bonchev–Trinajstić information content (AvgIpc) is 2.45. The molecule has 0 heterocycles. The van der Waals surface area contributed by atoms with E-state index in [9.17, 15) is 8.42 Å². The summed E-state index contributed by atoms with van der Waals surface area (Å²) in [4.78, 5) is -0.00435. The average molecular weight is 357 g/mol. The summed E-state index contributed by atoms with van der Waals surface area (Å²) in [5.41, 5.74) is 1.20. The molecule has 0 amide bonds. The molecule has 0 radical (unpaired) electrons. The second kappa shape index (κ2) is 6.73. The summed E-state index contributed by atoms with van der Waals surface area (Å²) < 4.78 is 30.3. The van der Waals surface area contributed by atoms with Gasteiger partial charge in [-0.15, -0.1) is 6.58 Å². The number of para-hydroxylation sites is 1. The van der Waals surface area contributed by atoms with Crippen molar-refractivity contribution in [1.82, 2.24) is 0 Å². The van der Waals surface area contributed by atoms with Crippen molar-refractivity contribution in [2.75, 3.05) is 0 Å².